The van der Waals surface area contributed by atoms with Gasteiger partial charge in [-0.25, -0.2) is 4.79 Å². The number of nitrogens with two attached hydrogens (primary N) is 1. The van der Waals surface area contributed by atoms with Gasteiger partial charge in [0, 0.05) is 28.8 Å². The molecule has 0 spiro atoms. The first-order valence-electron chi connectivity index (χ1n) is 10.8. The average molecular weight is 540 g/mol. The number of primary amides is 1. The van der Waals surface area contributed by atoms with Crippen molar-refractivity contribution in [3.63, 3.8) is 0 Å². The Balaban J connectivity index is 0.000000258. The van der Waals surface area contributed by atoms with Crippen molar-refractivity contribution in [2.45, 2.75) is 32.1 Å². The minimum Gasteiger partial charge on any atom is -0.481 e. The lowest BCUT2D eigenvalue weighted by Gasteiger charge is -2.17. The molecule has 182 valence electrons. The van der Waals surface area contributed by atoms with Crippen molar-refractivity contribution in [2.75, 3.05) is 0 Å². The summed E-state index contributed by atoms with van der Waals surface area (Å²) >= 11 is 3.28. The third-order valence-corrected chi connectivity index (χ3v) is 5.77. The van der Waals surface area contributed by atoms with Crippen molar-refractivity contribution in [1.29, 1.82) is 0 Å². The van der Waals surface area contributed by atoms with Gasteiger partial charge in [0.15, 0.2) is 5.78 Å². The average Bonchev–Trinajstić information content (AvgIpc) is 2.83. The minimum atomic E-state index is -1.15. The maximum absolute atomic E-state index is 11.6. The summed E-state index contributed by atoms with van der Waals surface area (Å²) in [6, 6.07) is 21.4. The Bertz CT molecular complexity index is 1210. The highest BCUT2D eigenvalue weighted by molar-refractivity contribution is 9.10. The molecule has 3 rings (SSSR count). The van der Waals surface area contributed by atoms with Crippen LogP contribution in [0.3, 0.4) is 0 Å². The first-order chi connectivity index (χ1) is 16.6. The highest BCUT2D eigenvalue weighted by Gasteiger charge is 2.22. The molecule has 0 aliphatic carbocycles. The van der Waals surface area contributed by atoms with Gasteiger partial charge in [0.1, 0.15) is 0 Å². The molecule has 0 fully saturated rings. The summed E-state index contributed by atoms with van der Waals surface area (Å²) in [5, 5.41) is 17.6. The second kappa shape index (κ2) is 13.2. The predicted molar refractivity (Wildman–Crippen MR) is 136 cm³/mol. The third kappa shape index (κ3) is 8.19. The van der Waals surface area contributed by atoms with Crippen LogP contribution >= 0.6 is 15.9 Å². The quantitative estimate of drug-likeness (QED) is 0.306. The molecule has 4 N–H and O–H groups in total. The van der Waals surface area contributed by atoms with Crippen LogP contribution in [0.5, 0.6) is 0 Å². The number of halogens is 1. The topological polar surface area (TPSA) is 135 Å². The van der Waals surface area contributed by atoms with Crippen molar-refractivity contribution in [1.82, 2.24) is 0 Å². The standard InChI is InChI=1S/C16H15NO3.C11H11BrO3/c1-10(11-6-3-2-4-7-11)12-8-5-9-13(16(19)20)14(12)15(17)18;12-9-4-1-3-8(7-9)10(13)5-2-6-11(14)15/h2-10H,1H3,(H2,17,18)(H,19,20);1,3-4,7H,2,5-6H2,(H,14,15)/t10-;/m0./s1. The van der Waals surface area contributed by atoms with Crippen LogP contribution in [0.4, 0.5) is 0 Å². The molecule has 0 saturated heterocycles. The van der Waals surface area contributed by atoms with E-state index in [0.29, 0.717) is 17.5 Å². The molecule has 0 bridgehead atoms. The van der Waals surface area contributed by atoms with Crippen molar-refractivity contribution < 1.29 is 29.4 Å². The highest BCUT2D eigenvalue weighted by Crippen LogP contribution is 2.28. The third-order valence-electron chi connectivity index (χ3n) is 5.28. The predicted octanol–water partition coefficient (Wildman–Crippen LogP) is 5.52. The fourth-order valence-electron chi connectivity index (χ4n) is 3.51. The lowest BCUT2D eigenvalue weighted by Crippen LogP contribution is -2.20. The summed E-state index contributed by atoms with van der Waals surface area (Å²) < 4.78 is 0.853. The summed E-state index contributed by atoms with van der Waals surface area (Å²) in [6.07, 6.45) is 0.711. The second-order valence-corrected chi connectivity index (χ2v) is 8.67. The van der Waals surface area contributed by atoms with Crippen molar-refractivity contribution in [3.8, 4) is 0 Å². The fraction of sp³-hybridized carbons (Fsp3) is 0.185. The summed E-state index contributed by atoms with van der Waals surface area (Å²) in [7, 11) is 0. The number of aromatic carboxylic acids is 1. The Morgan fingerprint density at radius 2 is 1.54 bits per heavy atom. The van der Waals surface area contributed by atoms with Crippen LogP contribution in [0.1, 0.15) is 74.3 Å². The smallest absolute Gasteiger partial charge is 0.336 e. The van der Waals surface area contributed by atoms with E-state index in [9.17, 15) is 24.3 Å². The highest BCUT2D eigenvalue weighted by atomic mass is 79.9. The second-order valence-electron chi connectivity index (χ2n) is 7.75. The van der Waals surface area contributed by atoms with E-state index >= 15 is 0 Å². The van der Waals surface area contributed by atoms with E-state index in [4.69, 9.17) is 10.8 Å². The molecule has 35 heavy (non-hydrogen) atoms. The van der Waals surface area contributed by atoms with Gasteiger partial charge in [0.05, 0.1) is 11.1 Å². The number of carboxylic acids is 2. The molecular formula is C27H26BrNO6. The number of rotatable bonds is 9. The summed E-state index contributed by atoms with van der Waals surface area (Å²) in [5.41, 5.74) is 7.64. The number of carboxylic acid groups (broad SMARTS) is 2. The number of ketones is 1. The first kappa shape index (κ1) is 27.5. The molecule has 0 aliphatic heterocycles. The number of Topliss-reactive ketones (excluding diaryl/α,β-unsaturated/α-hetero) is 1. The van der Waals surface area contributed by atoms with E-state index in [2.05, 4.69) is 15.9 Å². The Labute approximate surface area is 211 Å². The molecule has 3 aromatic carbocycles. The maximum atomic E-state index is 11.6. The number of amides is 1. The zero-order valence-electron chi connectivity index (χ0n) is 19.1. The summed E-state index contributed by atoms with van der Waals surface area (Å²) in [4.78, 5) is 44.7. The first-order valence-corrected chi connectivity index (χ1v) is 11.6. The Morgan fingerprint density at radius 1 is 0.886 bits per heavy atom. The van der Waals surface area contributed by atoms with Crippen molar-refractivity contribution in [2.24, 2.45) is 5.73 Å². The van der Waals surface area contributed by atoms with Crippen molar-refractivity contribution in [3.05, 3.63) is 105 Å². The molecule has 0 aromatic heterocycles. The number of carbonyl (C=O) groups is 4. The monoisotopic (exact) mass is 539 g/mol. The lowest BCUT2D eigenvalue weighted by atomic mass is 9.87. The van der Waals surface area contributed by atoms with E-state index in [1.54, 1.807) is 30.3 Å². The molecule has 1 atom stereocenters. The molecule has 0 aliphatic rings. The zero-order valence-corrected chi connectivity index (χ0v) is 20.7. The van der Waals surface area contributed by atoms with E-state index in [1.165, 1.54) is 6.07 Å². The van der Waals surface area contributed by atoms with Gasteiger partial charge < -0.3 is 15.9 Å². The number of benzene rings is 3. The van der Waals surface area contributed by atoms with Gasteiger partial charge in [-0.3, -0.25) is 14.4 Å². The van der Waals surface area contributed by atoms with Crippen LogP contribution in [0.15, 0.2) is 77.3 Å². The Morgan fingerprint density at radius 3 is 2.11 bits per heavy atom. The molecule has 0 heterocycles. The molecule has 0 saturated carbocycles. The van der Waals surface area contributed by atoms with Gasteiger partial charge in [0.2, 0.25) is 5.91 Å². The van der Waals surface area contributed by atoms with E-state index in [1.807, 2.05) is 43.3 Å². The van der Waals surface area contributed by atoms with Gasteiger partial charge in [-0.15, -0.1) is 0 Å². The van der Waals surface area contributed by atoms with Crippen LogP contribution in [-0.2, 0) is 4.79 Å². The van der Waals surface area contributed by atoms with Crippen molar-refractivity contribution >= 4 is 39.6 Å². The van der Waals surface area contributed by atoms with Gasteiger partial charge in [-0.1, -0.05) is 77.5 Å². The van der Waals surface area contributed by atoms with Crippen LogP contribution in [0.25, 0.3) is 0 Å². The largest absolute Gasteiger partial charge is 0.481 e. The number of hydrogen-bond donors (Lipinski definition) is 3. The molecule has 7 nitrogen and oxygen atoms in total. The number of carbonyl (C=O) groups excluding carboxylic acids is 2. The van der Waals surface area contributed by atoms with E-state index in [-0.39, 0.29) is 35.7 Å². The van der Waals surface area contributed by atoms with E-state index in [0.717, 1.165) is 10.0 Å². The van der Waals surface area contributed by atoms with E-state index < -0.39 is 17.8 Å². The Kier molecular flexibility index (Phi) is 10.4. The molecule has 3 aromatic rings. The molecular weight excluding hydrogens is 514 g/mol. The SMILES string of the molecule is C[C@@H](c1ccccc1)c1cccc(C(=O)O)c1C(N)=O.O=C(O)CCCC(=O)c1cccc(Br)c1. The normalized spacial score (nSPS) is 11.0. The fourth-order valence-corrected chi connectivity index (χ4v) is 3.91. The molecule has 1 amide bonds. The molecule has 0 radical (unpaired) electrons. The van der Waals surface area contributed by atoms with Gasteiger partial charge in [0.25, 0.3) is 0 Å². The summed E-state index contributed by atoms with van der Waals surface area (Å²) in [6.45, 7) is 1.92. The summed E-state index contributed by atoms with van der Waals surface area (Å²) in [5.74, 6) is -2.87. The molecule has 0 unspecified atom stereocenters. The van der Waals surface area contributed by atoms with Gasteiger partial charge in [-0.2, -0.15) is 0 Å². The van der Waals surface area contributed by atoms with Crippen LogP contribution in [-0.4, -0.2) is 33.8 Å². The zero-order chi connectivity index (χ0) is 26.0. The maximum Gasteiger partial charge on any atom is 0.336 e. The van der Waals surface area contributed by atoms with Crippen LogP contribution < -0.4 is 5.73 Å². The van der Waals surface area contributed by atoms with Gasteiger partial charge in [-0.05, 0) is 35.7 Å². The minimum absolute atomic E-state index is 0.0162. The molecule has 8 heteroatoms. The number of aliphatic carboxylic acids is 1. The lowest BCUT2D eigenvalue weighted by molar-refractivity contribution is -0.137. The van der Waals surface area contributed by atoms with Crippen LogP contribution in [0.2, 0.25) is 0 Å². The van der Waals surface area contributed by atoms with Crippen LogP contribution in [0, 0.1) is 0 Å². The Hall–Kier alpha value is -3.78. The van der Waals surface area contributed by atoms with Gasteiger partial charge >= 0.3 is 11.9 Å². The number of hydrogen-bond acceptors (Lipinski definition) is 4.